The van der Waals surface area contributed by atoms with Gasteiger partial charge in [-0.05, 0) is 61.9 Å². The molecule has 27 heavy (non-hydrogen) atoms. The van der Waals surface area contributed by atoms with E-state index in [-0.39, 0.29) is 17.3 Å². The molecule has 3 nitrogen and oxygen atoms in total. The van der Waals surface area contributed by atoms with Crippen LogP contribution in [0.3, 0.4) is 0 Å². The maximum absolute atomic E-state index is 13.0. The number of hydrogen-bond acceptors (Lipinski definition) is 3. The highest BCUT2D eigenvalue weighted by molar-refractivity contribution is 6.30. The summed E-state index contributed by atoms with van der Waals surface area (Å²) >= 11 is 6.43. The molecule has 0 spiro atoms. The van der Waals surface area contributed by atoms with E-state index in [1.165, 1.54) is 29.4 Å². The fourth-order valence-corrected chi connectivity index (χ4v) is 6.22. The monoisotopic (exact) mass is 385 g/mol. The molecule has 0 aromatic heterocycles. The summed E-state index contributed by atoms with van der Waals surface area (Å²) in [5.74, 6) is 0.0263. The summed E-state index contributed by atoms with van der Waals surface area (Å²) < 4.78 is 5.28. The fraction of sp³-hybridized carbons (Fsp3) is 0.522. The predicted octanol–water partition coefficient (Wildman–Crippen LogP) is 4.82. The Hall–Kier alpha value is -1.58. The van der Waals surface area contributed by atoms with Crippen molar-refractivity contribution < 1.29 is 9.53 Å². The van der Waals surface area contributed by atoms with Crippen LogP contribution in [0.2, 0.25) is 5.02 Å². The van der Waals surface area contributed by atoms with E-state index >= 15 is 0 Å². The summed E-state index contributed by atoms with van der Waals surface area (Å²) in [6, 6.07) is 6.64. The molecule has 2 saturated heterocycles. The molecule has 2 heterocycles. The Labute approximate surface area is 167 Å². The highest BCUT2D eigenvalue weighted by Crippen LogP contribution is 2.58. The number of allylic oxidation sites excluding steroid dienone is 1. The second kappa shape index (κ2) is 6.79. The van der Waals surface area contributed by atoms with Gasteiger partial charge in [0.15, 0.2) is 0 Å². The molecule has 3 aliphatic rings. The van der Waals surface area contributed by atoms with Crippen molar-refractivity contribution in [1.29, 1.82) is 0 Å². The Kier molecular flexibility index (Phi) is 4.72. The highest BCUT2D eigenvalue weighted by Gasteiger charge is 2.58. The van der Waals surface area contributed by atoms with Gasteiger partial charge in [-0.1, -0.05) is 36.2 Å². The molecule has 0 saturated carbocycles. The van der Waals surface area contributed by atoms with Crippen LogP contribution in [0.4, 0.5) is 0 Å². The largest absolute Gasteiger partial charge is 0.466 e. The molecule has 2 fully saturated rings. The zero-order valence-electron chi connectivity index (χ0n) is 16.6. The number of rotatable bonds is 3. The van der Waals surface area contributed by atoms with Crippen LogP contribution < -0.4 is 0 Å². The topological polar surface area (TPSA) is 29.5 Å². The third-order valence-electron chi connectivity index (χ3n) is 7.12. The molecule has 2 aliphatic heterocycles. The Morgan fingerprint density at radius 1 is 1.44 bits per heavy atom. The average molecular weight is 386 g/mol. The van der Waals surface area contributed by atoms with Crippen molar-refractivity contribution >= 4 is 17.6 Å². The van der Waals surface area contributed by atoms with Crippen LogP contribution in [-0.2, 0) is 14.9 Å². The van der Waals surface area contributed by atoms with Gasteiger partial charge in [0.25, 0.3) is 0 Å². The van der Waals surface area contributed by atoms with Gasteiger partial charge in [-0.3, -0.25) is 4.90 Å². The van der Waals surface area contributed by atoms with Gasteiger partial charge in [0.2, 0.25) is 0 Å². The van der Waals surface area contributed by atoms with Gasteiger partial charge in [-0.15, -0.1) is 0 Å². The summed E-state index contributed by atoms with van der Waals surface area (Å²) in [4.78, 5) is 15.6. The van der Waals surface area contributed by atoms with Crippen LogP contribution in [0.25, 0.3) is 0 Å². The first-order valence-electron chi connectivity index (χ1n) is 9.95. The molecule has 1 unspecified atom stereocenters. The molecular formula is C23H28ClNO2. The smallest absolute Gasteiger partial charge is 0.334 e. The predicted molar refractivity (Wildman–Crippen MR) is 109 cm³/mol. The number of halogens is 1. The zero-order valence-corrected chi connectivity index (χ0v) is 17.4. The van der Waals surface area contributed by atoms with E-state index in [2.05, 4.69) is 43.9 Å². The van der Waals surface area contributed by atoms with Gasteiger partial charge >= 0.3 is 5.97 Å². The first kappa shape index (κ1) is 18.8. The molecular weight excluding hydrogens is 358 g/mol. The van der Waals surface area contributed by atoms with Crippen LogP contribution in [-0.4, -0.2) is 37.1 Å². The number of fused-ring (bicyclic) bond motifs is 1. The van der Waals surface area contributed by atoms with E-state index in [1.54, 1.807) is 0 Å². The second-order valence-corrected chi connectivity index (χ2v) is 8.49. The molecule has 144 valence electrons. The van der Waals surface area contributed by atoms with E-state index in [4.69, 9.17) is 16.3 Å². The van der Waals surface area contributed by atoms with Crippen LogP contribution >= 0.6 is 11.6 Å². The summed E-state index contributed by atoms with van der Waals surface area (Å²) in [6.07, 6.45) is 5.08. The zero-order chi connectivity index (χ0) is 19.3. The van der Waals surface area contributed by atoms with E-state index in [0.717, 1.165) is 42.9 Å². The summed E-state index contributed by atoms with van der Waals surface area (Å²) in [5, 5.41) is 0.769. The second-order valence-electron chi connectivity index (χ2n) is 8.06. The van der Waals surface area contributed by atoms with Gasteiger partial charge in [-0.25, -0.2) is 4.79 Å². The van der Waals surface area contributed by atoms with E-state index in [9.17, 15) is 4.79 Å². The molecule has 4 rings (SSSR count). The van der Waals surface area contributed by atoms with Gasteiger partial charge < -0.3 is 4.74 Å². The van der Waals surface area contributed by atoms with Crippen molar-refractivity contribution in [2.75, 3.05) is 20.2 Å². The maximum atomic E-state index is 13.0. The van der Waals surface area contributed by atoms with Crippen molar-refractivity contribution in [3.05, 3.63) is 57.1 Å². The third kappa shape index (κ3) is 2.55. The first-order chi connectivity index (χ1) is 13.0. The highest BCUT2D eigenvalue weighted by atomic mass is 35.5. The normalized spacial score (nSPS) is 31.5. The lowest BCUT2D eigenvalue weighted by Crippen LogP contribution is -2.54. The first-order valence-corrected chi connectivity index (χ1v) is 10.3. The minimum atomic E-state index is -0.158. The lowest BCUT2D eigenvalue weighted by atomic mass is 9.57. The molecule has 0 N–H and O–H groups in total. The van der Waals surface area contributed by atoms with E-state index < -0.39 is 0 Å². The number of carbonyl (C=O) groups is 1. The SMILES string of the molecule is C/C=C1/CN2CC[C@]3(c4cc(Cl)ccc4C)C(CC)=C(C(=O)OC)C1C[C@H]23. The number of carbonyl (C=O) groups excluding carboxylic acids is 1. The number of hydrogen-bond donors (Lipinski definition) is 0. The standard InChI is InChI=1S/C23H28ClNO2/c1-5-15-13-25-10-9-23(19-11-16(24)8-7-14(19)3)18(6-2)21(22(26)27-4)17(15)12-20(23)25/h5,7-8,11,17,20H,6,9-10,12-13H2,1-4H3/b15-5-/t17?,20-,23+/m0/s1. The van der Waals surface area contributed by atoms with Gasteiger partial charge in [0.05, 0.1) is 7.11 Å². The fourth-order valence-electron chi connectivity index (χ4n) is 6.04. The van der Waals surface area contributed by atoms with Crippen molar-refractivity contribution in [3.63, 3.8) is 0 Å². The molecule has 2 bridgehead atoms. The van der Waals surface area contributed by atoms with Crippen LogP contribution in [0.1, 0.15) is 44.2 Å². The molecule has 4 heteroatoms. The number of ether oxygens (including phenoxy) is 1. The average Bonchev–Trinajstić information content (AvgIpc) is 3.08. The number of piperidine rings is 1. The number of methoxy groups -OCH3 is 1. The van der Waals surface area contributed by atoms with E-state index in [1.807, 2.05) is 6.07 Å². The molecule has 1 aromatic carbocycles. The Morgan fingerprint density at radius 2 is 2.22 bits per heavy atom. The van der Waals surface area contributed by atoms with Crippen LogP contribution in [0.15, 0.2) is 41.0 Å². The molecule has 1 aliphatic carbocycles. The summed E-state index contributed by atoms with van der Waals surface area (Å²) in [7, 11) is 1.51. The lowest BCUT2D eigenvalue weighted by Gasteiger charge is -2.51. The number of aryl methyl sites for hydroxylation is 1. The number of esters is 1. The Bertz CT molecular complexity index is 856. The number of nitrogens with zero attached hydrogens (tertiary/aromatic N) is 1. The Morgan fingerprint density at radius 3 is 2.89 bits per heavy atom. The van der Waals surface area contributed by atoms with Crippen molar-refractivity contribution in [3.8, 4) is 0 Å². The maximum Gasteiger partial charge on any atom is 0.334 e. The number of benzene rings is 1. The molecule has 3 atom stereocenters. The van der Waals surface area contributed by atoms with Gasteiger partial charge in [-0.2, -0.15) is 0 Å². The minimum absolute atomic E-state index is 0.136. The third-order valence-corrected chi connectivity index (χ3v) is 7.35. The van der Waals surface area contributed by atoms with Gasteiger partial charge in [0, 0.05) is 41.1 Å². The molecule has 1 aromatic rings. The summed E-state index contributed by atoms with van der Waals surface area (Å²) in [5.41, 5.74) is 5.95. The van der Waals surface area contributed by atoms with Crippen molar-refractivity contribution in [2.45, 2.75) is 51.5 Å². The quantitative estimate of drug-likeness (QED) is 0.551. The van der Waals surface area contributed by atoms with Crippen molar-refractivity contribution in [2.24, 2.45) is 5.92 Å². The van der Waals surface area contributed by atoms with Crippen LogP contribution in [0.5, 0.6) is 0 Å². The van der Waals surface area contributed by atoms with E-state index in [0.29, 0.717) is 6.04 Å². The minimum Gasteiger partial charge on any atom is -0.466 e. The summed E-state index contributed by atoms with van der Waals surface area (Å²) in [6.45, 7) is 8.44. The van der Waals surface area contributed by atoms with Gasteiger partial charge in [0.1, 0.15) is 0 Å². The van der Waals surface area contributed by atoms with Crippen molar-refractivity contribution in [1.82, 2.24) is 4.90 Å². The Balaban J connectivity index is 2.04. The lowest BCUT2D eigenvalue weighted by molar-refractivity contribution is -0.137. The molecule has 0 radical (unpaired) electrons. The molecule has 0 amide bonds. The van der Waals surface area contributed by atoms with Crippen LogP contribution in [0, 0.1) is 12.8 Å².